The molecule has 1 aliphatic rings. The highest BCUT2D eigenvalue weighted by Gasteiger charge is 2.21. The number of rotatable bonds is 3. The standard InChI is InChI=1S/C18H29ClN2/c1-5-14-7-6-9-21(10-8-14)17-12-15(13-19)11-16(20-17)18(2,3)4/h11-12,14H,5-10,13H2,1-4H3. The van der Waals surface area contributed by atoms with Crippen molar-refractivity contribution >= 4 is 17.4 Å². The monoisotopic (exact) mass is 308 g/mol. The highest BCUT2D eigenvalue weighted by atomic mass is 35.5. The van der Waals surface area contributed by atoms with Gasteiger partial charge in [-0.3, -0.25) is 0 Å². The van der Waals surface area contributed by atoms with Crippen LogP contribution in [0.4, 0.5) is 5.82 Å². The minimum Gasteiger partial charge on any atom is -0.357 e. The summed E-state index contributed by atoms with van der Waals surface area (Å²) in [5.41, 5.74) is 2.39. The second-order valence-electron chi connectivity index (χ2n) is 7.29. The molecule has 1 aliphatic heterocycles. The van der Waals surface area contributed by atoms with Gasteiger partial charge >= 0.3 is 0 Å². The van der Waals surface area contributed by atoms with E-state index in [9.17, 15) is 0 Å². The van der Waals surface area contributed by atoms with E-state index in [0.717, 1.165) is 30.5 Å². The van der Waals surface area contributed by atoms with Crippen LogP contribution in [0.15, 0.2) is 12.1 Å². The molecule has 0 aromatic carbocycles. The highest BCUT2D eigenvalue weighted by molar-refractivity contribution is 6.17. The number of anilines is 1. The van der Waals surface area contributed by atoms with Crippen molar-refractivity contribution in [1.29, 1.82) is 0 Å². The predicted molar refractivity (Wildman–Crippen MR) is 92.3 cm³/mol. The van der Waals surface area contributed by atoms with Crippen LogP contribution in [0.3, 0.4) is 0 Å². The average Bonchev–Trinajstić information content (AvgIpc) is 2.71. The van der Waals surface area contributed by atoms with Crippen molar-refractivity contribution in [2.24, 2.45) is 5.92 Å². The van der Waals surface area contributed by atoms with Crippen molar-refractivity contribution in [2.75, 3.05) is 18.0 Å². The Hall–Kier alpha value is -0.760. The molecule has 1 aromatic heterocycles. The molecule has 1 atom stereocenters. The molecule has 21 heavy (non-hydrogen) atoms. The number of hydrogen-bond donors (Lipinski definition) is 0. The quantitative estimate of drug-likeness (QED) is 0.719. The molecule has 2 nitrogen and oxygen atoms in total. The lowest BCUT2D eigenvalue weighted by Gasteiger charge is -2.26. The molecule has 3 heteroatoms. The van der Waals surface area contributed by atoms with Gasteiger partial charge in [0, 0.05) is 30.1 Å². The van der Waals surface area contributed by atoms with Gasteiger partial charge in [-0.1, -0.05) is 34.1 Å². The van der Waals surface area contributed by atoms with Gasteiger partial charge in [0.25, 0.3) is 0 Å². The van der Waals surface area contributed by atoms with E-state index < -0.39 is 0 Å². The zero-order chi connectivity index (χ0) is 15.5. The van der Waals surface area contributed by atoms with Crippen LogP contribution in [-0.2, 0) is 11.3 Å². The molecule has 0 saturated carbocycles. The van der Waals surface area contributed by atoms with Gasteiger partial charge in [0.15, 0.2) is 0 Å². The molecule has 2 rings (SSSR count). The molecule has 1 aromatic rings. The van der Waals surface area contributed by atoms with Gasteiger partial charge in [0.1, 0.15) is 5.82 Å². The summed E-state index contributed by atoms with van der Waals surface area (Å²) in [7, 11) is 0. The smallest absolute Gasteiger partial charge is 0.129 e. The molecule has 0 spiro atoms. The van der Waals surface area contributed by atoms with Gasteiger partial charge in [-0.15, -0.1) is 11.6 Å². The van der Waals surface area contributed by atoms with Crippen LogP contribution in [0.5, 0.6) is 0 Å². The molecular formula is C18H29ClN2. The highest BCUT2D eigenvalue weighted by Crippen LogP contribution is 2.28. The Kier molecular flexibility index (Phi) is 5.54. The summed E-state index contributed by atoms with van der Waals surface area (Å²) in [5.74, 6) is 2.56. The van der Waals surface area contributed by atoms with E-state index in [0.29, 0.717) is 5.88 Å². The van der Waals surface area contributed by atoms with Crippen LogP contribution >= 0.6 is 11.6 Å². The van der Waals surface area contributed by atoms with Crippen LogP contribution in [-0.4, -0.2) is 18.1 Å². The van der Waals surface area contributed by atoms with Crippen molar-refractivity contribution in [1.82, 2.24) is 4.98 Å². The van der Waals surface area contributed by atoms with Crippen molar-refractivity contribution in [3.8, 4) is 0 Å². The first-order chi connectivity index (χ1) is 9.94. The van der Waals surface area contributed by atoms with Crippen LogP contribution in [0.1, 0.15) is 64.6 Å². The summed E-state index contributed by atoms with van der Waals surface area (Å²) in [4.78, 5) is 7.40. The van der Waals surface area contributed by atoms with E-state index >= 15 is 0 Å². The fourth-order valence-corrected chi connectivity index (χ4v) is 3.15. The fourth-order valence-electron chi connectivity index (χ4n) is 3.00. The molecule has 2 heterocycles. The van der Waals surface area contributed by atoms with Gasteiger partial charge < -0.3 is 4.90 Å². The second-order valence-corrected chi connectivity index (χ2v) is 7.56. The lowest BCUT2D eigenvalue weighted by molar-refractivity contribution is 0.459. The predicted octanol–water partition coefficient (Wildman–Crippen LogP) is 5.13. The first-order valence-electron chi connectivity index (χ1n) is 8.26. The normalized spacial score (nSPS) is 20.4. The second kappa shape index (κ2) is 7.00. The van der Waals surface area contributed by atoms with Gasteiger partial charge in [-0.05, 0) is 42.9 Å². The third-order valence-electron chi connectivity index (χ3n) is 4.54. The third-order valence-corrected chi connectivity index (χ3v) is 4.85. The number of aromatic nitrogens is 1. The zero-order valence-electron chi connectivity index (χ0n) is 14.0. The number of halogens is 1. The van der Waals surface area contributed by atoms with Crippen molar-refractivity contribution in [3.05, 3.63) is 23.4 Å². The molecule has 118 valence electrons. The Balaban J connectivity index is 2.26. The summed E-state index contributed by atoms with van der Waals surface area (Å²) >= 11 is 6.09. The third kappa shape index (κ3) is 4.35. The first-order valence-corrected chi connectivity index (χ1v) is 8.80. The maximum Gasteiger partial charge on any atom is 0.129 e. The van der Waals surface area contributed by atoms with E-state index in [1.165, 1.54) is 31.2 Å². The summed E-state index contributed by atoms with van der Waals surface area (Å²) in [5, 5.41) is 0. The number of nitrogens with zero attached hydrogens (tertiary/aromatic N) is 2. The van der Waals surface area contributed by atoms with Crippen LogP contribution in [0.2, 0.25) is 0 Å². The molecular weight excluding hydrogens is 280 g/mol. The van der Waals surface area contributed by atoms with Gasteiger partial charge in [-0.2, -0.15) is 0 Å². The first kappa shape index (κ1) is 16.6. The molecule has 0 radical (unpaired) electrons. The zero-order valence-corrected chi connectivity index (χ0v) is 14.7. The lowest BCUT2D eigenvalue weighted by Crippen LogP contribution is -2.27. The van der Waals surface area contributed by atoms with Crippen molar-refractivity contribution in [3.63, 3.8) is 0 Å². The van der Waals surface area contributed by atoms with E-state index in [2.05, 4.69) is 44.7 Å². The summed E-state index contributed by atoms with van der Waals surface area (Å²) < 4.78 is 0. The minimum absolute atomic E-state index is 0.0641. The Bertz CT molecular complexity index is 465. The molecule has 0 aliphatic carbocycles. The van der Waals surface area contributed by atoms with Crippen molar-refractivity contribution in [2.45, 2.75) is 64.7 Å². The van der Waals surface area contributed by atoms with Crippen LogP contribution in [0, 0.1) is 5.92 Å². The molecule has 1 saturated heterocycles. The van der Waals surface area contributed by atoms with Gasteiger partial charge in [0.05, 0.1) is 0 Å². The van der Waals surface area contributed by atoms with Crippen LogP contribution in [0.25, 0.3) is 0 Å². The topological polar surface area (TPSA) is 16.1 Å². The summed E-state index contributed by atoms with van der Waals surface area (Å²) in [6.07, 6.45) is 5.22. The molecule has 0 amide bonds. The number of hydrogen-bond acceptors (Lipinski definition) is 2. The minimum atomic E-state index is 0.0641. The Morgan fingerprint density at radius 2 is 2.00 bits per heavy atom. The Morgan fingerprint density at radius 1 is 1.24 bits per heavy atom. The summed E-state index contributed by atoms with van der Waals surface area (Å²) in [6, 6.07) is 4.33. The number of alkyl halides is 1. The molecule has 0 N–H and O–H groups in total. The summed E-state index contributed by atoms with van der Waals surface area (Å²) in [6.45, 7) is 11.2. The molecule has 0 bridgehead atoms. The largest absolute Gasteiger partial charge is 0.357 e. The number of pyridine rings is 1. The fraction of sp³-hybridized carbons (Fsp3) is 0.722. The lowest BCUT2D eigenvalue weighted by atomic mass is 9.91. The average molecular weight is 309 g/mol. The van der Waals surface area contributed by atoms with Crippen LogP contribution < -0.4 is 4.90 Å². The van der Waals surface area contributed by atoms with Gasteiger partial charge in [-0.25, -0.2) is 4.98 Å². The Morgan fingerprint density at radius 3 is 2.62 bits per heavy atom. The van der Waals surface area contributed by atoms with E-state index in [1.54, 1.807) is 0 Å². The van der Waals surface area contributed by atoms with E-state index in [4.69, 9.17) is 16.6 Å². The maximum absolute atomic E-state index is 6.09. The maximum atomic E-state index is 6.09. The molecule has 1 fully saturated rings. The Labute approximate surface area is 134 Å². The van der Waals surface area contributed by atoms with E-state index in [-0.39, 0.29) is 5.41 Å². The van der Waals surface area contributed by atoms with Crippen molar-refractivity contribution < 1.29 is 0 Å². The SMILES string of the molecule is CCC1CCCN(c2cc(CCl)cc(C(C)(C)C)n2)CC1. The van der Waals surface area contributed by atoms with Gasteiger partial charge in [0.2, 0.25) is 0 Å². The van der Waals surface area contributed by atoms with E-state index in [1.807, 2.05) is 0 Å². The molecule has 1 unspecified atom stereocenters.